The van der Waals surface area contributed by atoms with Gasteiger partial charge in [-0.1, -0.05) is 24.3 Å². The van der Waals surface area contributed by atoms with Crippen LogP contribution in [0.25, 0.3) is 0 Å². The standard InChI is InChI=1S/C21H25NO4/c23-11-12-26-20-5-1-3-16(13-20)14-22-10-2-4-19(15-22)17-6-8-18(9-7-17)21(24)25/h1,3,5-9,13,19,23H,2,4,10-12,14-15H2,(H,24,25). The van der Waals surface area contributed by atoms with Crippen LogP contribution in [0.1, 0.15) is 40.2 Å². The van der Waals surface area contributed by atoms with Gasteiger partial charge < -0.3 is 14.9 Å². The van der Waals surface area contributed by atoms with E-state index in [1.807, 2.05) is 30.3 Å². The second-order valence-electron chi connectivity index (χ2n) is 6.72. The van der Waals surface area contributed by atoms with Gasteiger partial charge in [0.1, 0.15) is 12.4 Å². The number of aromatic carboxylic acids is 1. The zero-order chi connectivity index (χ0) is 18.4. The van der Waals surface area contributed by atoms with Crippen LogP contribution in [0.4, 0.5) is 0 Å². The molecular weight excluding hydrogens is 330 g/mol. The van der Waals surface area contributed by atoms with E-state index in [1.165, 1.54) is 11.1 Å². The Balaban J connectivity index is 1.62. The third-order valence-corrected chi connectivity index (χ3v) is 4.80. The van der Waals surface area contributed by atoms with Gasteiger partial charge in [-0.15, -0.1) is 0 Å². The van der Waals surface area contributed by atoms with Gasteiger partial charge in [0.2, 0.25) is 0 Å². The quantitative estimate of drug-likeness (QED) is 0.798. The van der Waals surface area contributed by atoms with E-state index in [0.717, 1.165) is 38.2 Å². The SMILES string of the molecule is O=C(O)c1ccc(C2CCCN(Cc3cccc(OCCO)c3)C2)cc1. The molecule has 5 nitrogen and oxygen atoms in total. The minimum atomic E-state index is -0.884. The molecule has 1 heterocycles. The largest absolute Gasteiger partial charge is 0.491 e. The molecule has 26 heavy (non-hydrogen) atoms. The van der Waals surface area contributed by atoms with Crippen molar-refractivity contribution < 1.29 is 19.7 Å². The number of piperidine rings is 1. The summed E-state index contributed by atoms with van der Waals surface area (Å²) in [6.07, 6.45) is 2.26. The molecule has 0 spiro atoms. The fraction of sp³-hybridized carbons (Fsp3) is 0.381. The van der Waals surface area contributed by atoms with E-state index < -0.39 is 5.97 Å². The molecule has 5 heteroatoms. The maximum Gasteiger partial charge on any atom is 0.335 e. The first-order valence-electron chi connectivity index (χ1n) is 9.04. The number of hydrogen-bond acceptors (Lipinski definition) is 4. The second kappa shape index (κ2) is 8.83. The Bertz CT molecular complexity index is 729. The average Bonchev–Trinajstić information content (AvgIpc) is 2.67. The lowest BCUT2D eigenvalue weighted by atomic mass is 9.90. The summed E-state index contributed by atoms with van der Waals surface area (Å²) in [6, 6.07) is 15.3. The van der Waals surface area contributed by atoms with Crippen LogP contribution in [-0.2, 0) is 6.54 Å². The number of hydrogen-bond donors (Lipinski definition) is 2. The Kier molecular flexibility index (Phi) is 6.26. The molecule has 0 radical (unpaired) electrons. The normalized spacial score (nSPS) is 17.8. The van der Waals surface area contributed by atoms with Gasteiger partial charge in [-0.3, -0.25) is 4.90 Å². The number of aliphatic hydroxyl groups excluding tert-OH is 1. The first kappa shape index (κ1) is 18.4. The molecule has 1 aliphatic heterocycles. The fourth-order valence-electron chi connectivity index (χ4n) is 3.52. The van der Waals surface area contributed by atoms with Crippen molar-refractivity contribution in [2.75, 3.05) is 26.3 Å². The Morgan fingerprint density at radius 2 is 2.00 bits per heavy atom. The molecule has 0 amide bonds. The number of carboxylic acid groups (broad SMARTS) is 1. The van der Waals surface area contributed by atoms with Crippen LogP contribution in [0.2, 0.25) is 0 Å². The van der Waals surface area contributed by atoms with E-state index in [-0.39, 0.29) is 6.61 Å². The molecule has 1 atom stereocenters. The molecule has 1 fully saturated rings. The number of benzene rings is 2. The van der Waals surface area contributed by atoms with Gasteiger partial charge >= 0.3 is 5.97 Å². The maximum absolute atomic E-state index is 11.0. The third kappa shape index (κ3) is 4.84. The van der Waals surface area contributed by atoms with E-state index >= 15 is 0 Å². The summed E-state index contributed by atoms with van der Waals surface area (Å²) >= 11 is 0. The molecule has 1 aliphatic rings. The second-order valence-corrected chi connectivity index (χ2v) is 6.72. The number of aliphatic hydroxyl groups is 1. The molecule has 0 aromatic heterocycles. The summed E-state index contributed by atoms with van der Waals surface area (Å²) in [5.41, 5.74) is 2.74. The Hall–Kier alpha value is -2.37. The molecule has 1 saturated heterocycles. The van der Waals surface area contributed by atoms with E-state index in [9.17, 15) is 4.79 Å². The first-order chi connectivity index (χ1) is 12.7. The van der Waals surface area contributed by atoms with Gasteiger partial charge in [-0.2, -0.15) is 0 Å². The lowest BCUT2D eigenvalue weighted by molar-refractivity contribution is 0.0697. The van der Waals surface area contributed by atoms with Crippen molar-refractivity contribution in [3.8, 4) is 5.75 Å². The zero-order valence-electron chi connectivity index (χ0n) is 14.8. The third-order valence-electron chi connectivity index (χ3n) is 4.80. The van der Waals surface area contributed by atoms with Crippen molar-refractivity contribution in [2.24, 2.45) is 0 Å². The van der Waals surface area contributed by atoms with Gasteiger partial charge in [0.05, 0.1) is 12.2 Å². The van der Waals surface area contributed by atoms with Gasteiger partial charge in [0, 0.05) is 13.1 Å². The summed E-state index contributed by atoms with van der Waals surface area (Å²) in [4.78, 5) is 13.4. The molecule has 3 rings (SSSR count). The highest BCUT2D eigenvalue weighted by molar-refractivity contribution is 5.87. The molecular formula is C21H25NO4. The van der Waals surface area contributed by atoms with E-state index in [4.69, 9.17) is 14.9 Å². The van der Waals surface area contributed by atoms with Crippen molar-refractivity contribution >= 4 is 5.97 Å². The Labute approximate surface area is 153 Å². The number of ether oxygens (including phenoxy) is 1. The van der Waals surface area contributed by atoms with Crippen LogP contribution < -0.4 is 4.74 Å². The van der Waals surface area contributed by atoms with Crippen molar-refractivity contribution in [3.05, 3.63) is 65.2 Å². The van der Waals surface area contributed by atoms with Crippen LogP contribution in [0, 0.1) is 0 Å². The maximum atomic E-state index is 11.0. The summed E-state index contributed by atoms with van der Waals surface area (Å²) in [5, 5.41) is 17.9. The van der Waals surface area contributed by atoms with Gasteiger partial charge in [-0.05, 0) is 60.7 Å². The topological polar surface area (TPSA) is 70.0 Å². The van der Waals surface area contributed by atoms with Crippen molar-refractivity contribution in [1.29, 1.82) is 0 Å². The highest BCUT2D eigenvalue weighted by Crippen LogP contribution is 2.28. The van der Waals surface area contributed by atoms with Crippen LogP contribution >= 0.6 is 0 Å². The van der Waals surface area contributed by atoms with E-state index in [2.05, 4.69) is 11.0 Å². The van der Waals surface area contributed by atoms with Gasteiger partial charge in [0.25, 0.3) is 0 Å². The number of nitrogens with zero attached hydrogens (tertiary/aromatic N) is 1. The Morgan fingerprint density at radius 1 is 1.19 bits per heavy atom. The lowest BCUT2D eigenvalue weighted by Crippen LogP contribution is -2.33. The van der Waals surface area contributed by atoms with Crippen molar-refractivity contribution in [3.63, 3.8) is 0 Å². The number of likely N-dealkylation sites (tertiary alicyclic amines) is 1. The van der Waals surface area contributed by atoms with Crippen LogP contribution in [-0.4, -0.2) is 47.4 Å². The predicted molar refractivity (Wildman–Crippen MR) is 99.7 cm³/mol. The molecule has 0 bridgehead atoms. The molecule has 2 N–H and O–H groups in total. The van der Waals surface area contributed by atoms with Gasteiger partial charge in [0.15, 0.2) is 0 Å². The first-order valence-corrected chi connectivity index (χ1v) is 9.04. The number of carbonyl (C=O) groups is 1. The lowest BCUT2D eigenvalue weighted by Gasteiger charge is -2.33. The minimum Gasteiger partial charge on any atom is -0.491 e. The summed E-state index contributed by atoms with van der Waals surface area (Å²) in [7, 11) is 0. The minimum absolute atomic E-state index is 0.0126. The molecule has 2 aromatic rings. The van der Waals surface area contributed by atoms with Crippen molar-refractivity contribution in [1.82, 2.24) is 4.90 Å². The van der Waals surface area contributed by atoms with Crippen molar-refractivity contribution in [2.45, 2.75) is 25.3 Å². The smallest absolute Gasteiger partial charge is 0.335 e. The summed E-state index contributed by atoms with van der Waals surface area (Å²) in [5.74, 6) is 0.333. The van der Waals surface area contributed by atoms with Crippen LogP contribution in [0.5, 0.6) is 5.75 Å². The molecule has 1 unspecified atom stereocenters. The van der Waals surface area contributed by atoms with E-state index in [1.54, 1.807) is 12.1 Å². The van der Waals surface area contributed by atoms with Crippen LogP contribution in [0.3, 0.4) is 0 Å². The average molecular weight is 355 g/mol. The number of carboxylic acids is 1. The number of rotatable bonds is 7. The summed E-state index contributed by atoms with van der Waals surface area (Å²) < 4.78 is 5.49. The van der Waals surface area contributed by atoms with Crippen LogP contribution in [0.15, 0.2) is 48.5 Å². The molecule has 0 aliphatic carbocycles. The Morgan fingerprint density at radius 3 is 2.73 bits per heavy atom. The zero-order valence-corrected chi connectivity index (χ0v) is 14.8. The van der Waals surface area contributed by atoms with Gasteiger partial charge in [-0.25, -0.2) is 4.79 Å². The monoisotopic (exact) mass is 355 g/mol. The van der Waals surface area contributed by atoms with E-state index in [0.29, 0.717) is 18.1 Å². The fourth-order valence-corrected chi connectivity index (χ4v) is 3.52. The molecule has 0 saturated carbocycles. The highest BCUT2D eigenvalue weighted by atomic mass is 16.5. The molecule has 2 aromatic carbocycles. The molecule has 138 valence electrons. The predicted octanol–water partition coefficient (Wildman–Crippen LogP) is 3.14. The summed E-state index contributed by atoms with van der Waals surface area (Å²) in [6.45, 7) is 3.21. The highest BCUT2D eigenvalue weighted by Gasteiger charge is 2.21.